The summed E-state index contributed by atoms with van der Waals surface area (Å²) in [4.78, 5) is 15.6. The first-order valence-electron chi connectivity index (χ1n) is 10.9. The van der Waals surface area contributed by atoms with Crippen LogP contribution in [0, 0.1) is 17.3 Å². The van der Waals surface area contributed by atoms with Crippen molar-refractivity contribution in [3.63, 3.8) is 0 Å². The number of nitrogens with zero attached hydrogens (tertiary/aromatic N) is 3. The summed E-state index contributed by atoms with van der Waals surface area (Å²) < 4.78 is 17.3. The molecule has 9 heteroatoms. The summed E-state index contributed by atoms with van der Waals surface area (Å²) in [5.41, 5.74) is 1.32. The van der Waals surface area contributed by atoms with E-state index in [0.29, 0.717) is 10.9 Å². The zero-order chi connectivity index (χ0) is 21.3. The van der Waals surface area contributed by atoms with Crippen molar-refractivity contribution in [1.82, 2.24) is 9.97 Å². The maximum Gasteiger partial charge on any atom is 0.225 e. The lowest BCUT2D eigenvalue weighted by molar-refractivity contribution is -0.190. The van der Waals surface area contributed by atoms with Gasteiger partial charge in [0.05, 0.1) is 43.0 Å². The number of anilines is 1. The Morgan fingerprint density at radius 2 is 1.94 bits per heavy atom. The number of hydrogen-bond donors (Lipinski definition) is 0. The molecule has 7 nitrogen and oxygen atoms in total. The Morgan fingerprint density at radius 3 is 2.58 bits per heavy atom. The average Bonchev–Trinajstić information content (AvgIpc) is 3.52. The van der Waals surface area contributed by atoms with Crippen molar-refractivity contribution < 1.29 is 18.7 Å². The van der Waals surface area contributed by atoms with Crippen molar-refractivity contribution in [2.24, 2.45) is 17.3 Å². The van der Waals surface area contributed by atoms with Crippen LogP contribution in [0.15, 0.2) is 36.2 Å². The van der Waals surface area contributed by atoms with Crippen molar-refractivity contribution in [2.75, 3.05) is 38.3 Å². The van der Waals surface area contributed by atoms with Gasteiger partial charge in [0.15, 0.2) is 6.29 Å². The Balaban J connectivity index is 1.08. The molecule has 1 aromatic rings. The molecule has 168 valence electrons. The molecule has 5 rings (SSSR count). The topological polar surface area (TPSA) is 65.9 Å². The SMILES string of the molecule is COOSC1C=CC(C2OCC3(CO2)CC3C2CCN(c3ncc(Cl)cn3)CC2)=CC1. The number of ether oxygens (including phenoxy) is 2. The van der Waals surface area contributed by atoms with Crippen LogP contribution in [0.25, 0.3) is 0 Å². The van der Waals surface area contributed by atoms with Crippen LogP contribution < -0.4 is 4.90 Å². The molecule has 1 saturated carbocycles. The Hall–Kier alpha value is -1.16. The Morgan fingerprint density at radius 1 is 1.19 bits per heavy atom. The second-order valence-electron chi connectivity index (χ2n) is 8.82. The van der Waals surface area contributed by atoms with E-state index in [1.165, 1.54) is 38.4 Å². The van der Waals surface area contributed by atoms with Crippen LogP contribution in [-0.4, -0.2) is 54.9 Å². The number of allylic oxidation sites excluding steroid dienone is 1. The first kappa shape index (κ1) is 21.7. The lowest BCUT2D eigenvalue weighted by Crippen LogP contribution is -2.39. The molecule has 0 N–H and O–H groups in total. The zero-order valence-electron chi connectivity index (χ0n) is 17.6. The second-order valence-corrected chi connectivity index (χ2v) is 10.2. The van der Waals surface area contributed by atoms with Gasteiger partial charge in [0.25, 0.3) is 0 Å². The van der Waals surface area contributed by atoms with Crippen molar-refractivity contribution >= 4 is 29.6 Å². The smallest absolute Gasteiger partial charge is 0.225 e. The third kappa shape index (κ3) is 4.79. The number of aromatic nitrogens is 2. The maximum absolute atomic E-state index is 6.19. The largest absolute Gasteiger partial charge is 0.348 e. The first-order chi connectivity index (χ1) is 15.2. The van der Waals surface area contributed by atoms with Gasteiger partial charge in [0.2, 0.25) is 5.95 Å². The molecule has 3 heterocycles. The molecule has 0 amide bonds. The molecule has 1 spiro atoms. The fourth-order valence-electron chi connectivity index (χ4n) is 5.07. The summed E-state index contributed by atoms with van der Waals surface area (Å²) in [6.45, 7) is 3.57. The third-order valence-corrected chi connectivity index (χ3v) is 7.89. The van der Waals surface area contributed by atoms with Gasteiger partial charge in [0.1, 0.15) is 0 Å². The number of hydrogen-bond acceptors (Lipinski definition) is 8. The van der Waals surface area contributed by atoms with Gasteiger partial charge in [-0.1, -0.05) is 29.8 Å². The predicted molar refractivity (Wildman–Crippen MR) is 120 cm³/mol. The Kier molecular flexibility index (Phi) is 6.55. The number of rotatable bonds is 6. The van der Waals surface area contributed by atoms with Gasteiger partial charge in [0, 0.05) is 36.1 Å². The van der Waals surface area contributed by atoms with E-state index in [1.54, 1.807) is 12.4 Å². The first-order valence-corrected chi connectivity index (χ1v) is 12.1. The minimum absolute atomic E-state index is 0.212. The summed E-state index contributed by atoms with van der Waals surface area (Å²) in [7, 11) is 1.52. The standard InChI is InChI=1S/C22H28ClN3O4S/c1-27-30-31-18-4-2-16(3-5-18)20-28-13-22(14-29-20)10-19(22)15-6-8-26(9-7-15)21-24-11-17(23)12-25-21/h2-4,11-12,15,18-20H,5-10,13-14H2,1H3. The molecule has 1 aromatic heterocycles. The third-order valence-electron chi connectivity index (χ3n) is 6.89. The van der Waals surface area contributed by atoms with Crippen LogP contribution in [0.2, 0.25) is 5.02 Å². The fraction of sp³-hybridized carbons (Fsp3) is 0.636. The van der Waals surface area contributed by atoms with E-state index in [0.717, 1.165) is 50.2 Å². The van der Waals surface area contributed by atoms with Crippen molar-refractivity contribution in [3.05, 3.63) is 41.2 Å². The van der Waals surface area contributed by atoms with Crippen molar-refractivity contribution in [1.29, 1.82) is 0 Å². The predicted octanol–water partition coefficient (Wildman–Crippen LogP) is 4.21. The van der Waals surface area contributed by atoms with Crippen molar-refractivity contribution in [2.45, 2.75) is 37.2 Å². The van der Waals surface area contributed by atoms with E-state index in [1.807, 2.05) is 0 Å². The summed E-state index contributed by atoms with van der Waals surface area (Å²) >= 11 is 7.22. The molecule has 4 aliphatic rings. The van der Waals surface area contributed by atoms with Gasteiger partial charge in [-0.3, -0.25) is 0 Å². The monoisotopic (exact) mass is 465 g/mol. The molecule has 2 saturated heterocycles. The summed E-state index contributed by atoms with van der Waals surface area (Å²) in [6, 6.07) is 0. The van der Waals surface area contributed by atoms with E-state index in [-0.39, 0.29) is 17.0 Å². The minimum Gasteiger partial charge on any atom is -0.348 e. The van der Waals surface area contributed by atoms with E-state index in [2.05, 4.69) is 38.0 Å². The average molecular weight is 466 g/mol. The summed E-state index contributed by atoms with van der Waals surface area (Å²) in [5.74, 6) is 2.20. The lowest BCUT2D eigenvalue weighted by Gasteiger charge is -2.36. The van der Waals surface area contributed by atoms with E-state index >= 15 is 0 Å². The molecular formula is C22H28ClN3O4S. The molecule has 0 aromatic carbocycles. The van der Waals surface area contributed by atoms with Crippen LogP contribution in [0.1, 0.15) is 25.7 Å². The van der Waals surface area contributed by atoms with Crippen molar-refractivity contribution in [3.8, 4) is 0 Å². The van der Waals surface area contributed by atoms with Gasteiger partial charge in [-0.15, -0.1) is 0 Å². The van der Waals surface area contributed by atoms with E-state index in [9.17, 15) is 0 Å². The highest BCUT2D eigenvalue weighted by Crippen LogP contribution is 2.60. The summed E-state index contributed by atoms with van der Waals surface area (Å²) in [6.07, 6.45) is 13.9. The van der Waals surface area contributed by atoms with Crippen LogP contribution >= 0.6 is 23.6 Å². The molecule has 2 aliphatic carbocycles. The lowest BCUT2D eigenvalue weighted by atomic mass is 9.87. The van der Waals surface area contributed by atoms with Crippen LogP contribution in [-0.2, 0) is 18.7 Å². The van der Waals surface area contributed by atoms with Crippen LogP contribution in [0.5, 0.6) is 0 Å². The highest BCUT2D eigenvalue weighted by Gasteiger charge is 2.59. The van der Waals surface area contributed by atoms with Gasteiger partial charge in [-0.25, -0.2) is 14.9 Å². The molecule has 0 bridgehead atoms. The zero-order valence-corrected chi connectivity index (χ0v) is 19.2. The highest BCUT2D eigenvalue weighted by molar-refractivity contribution is 7.95. The van der Waals surface area contributed by atoms with E-state index < -0.39 is 0 Å². The fourth-order valence-corrected chi connectivity index (χ4v) is 5.66. The Bertz CT molecular complexity index is 821. The van der Waals surface area contributed by atoms with Gasteiger partial charge < -0.3 is 14.4 Å². The van der Waals surface area contributed by atoms with Gasteiger partial charge in [-0.05, 0) is 37.5 Å². The van der Waals surface area contributed by atoms with E-state index in [4.69, 9.17) is 25.4 Å². The molecule has 3 fully saturated rings. The minimum atomic E-state index is -0.249. The quantitative estimate of drug-likeness (QED) is 0.351. The highest BCUT2D eigenvalue weighted by atomic mass is 35.5. The van der Waals surface area contributed by atoms with Gasteiger partial charge in [-0.2, -0.15) is 4.33 Å². The molecule has 31 heavy (non-hydrogen) atoms. The Labute approximate surface area is 192 Å². The maximum atomic E-state index is 6.19. The number of piperidine rings is 1. The summed E-state index contributed by atoms with van der Waals surface area (Å²) in [5, 5.41) is 0.836. The molecule has 0 radical (unpaired) electrons. The van der Waals surface area contributed by atoms with Crippen LogP contribution in [0.4, 0.5) is 5.95 Å². The van der Waals surface area contributed by atoms with Gasteiger partial charge >= 0.3 is 0 Å². The molecule has 2 unspecified atom stereocenters. The second kappa shape index (κ2) is 9.37. The molecule has 2 atom stereocenters. The molecular weight excluding hydrogens is 438 g/mol. The molecule has 2 aliphatic heterocycles. The van der Waals surface area contributed by atoms with Crippen LogP contribution in [0.3, 0.4) is 0 Å². The normalized spacial score (nSPS) is 33.5. The number of halogens is 1.